The predicted octanol–water partition coefficient (Wildman–Crippen LogP) is 4.37. The molecule has 0 aliphatic rings. The Morgan fingerprint density at radius 2 is 2.00 bits per heavy atom. The van der Waals surface area contributed by atoms with Crippen LogP contribution in [-0.2, 0) is 13.6 Å². The molecule has 0 saturated heterocycles. The summed E-state index contributed by atoms with van der Waals surface area (Å²) >= 11 is 0. The number of amides is 2. The molecule has 0 radical (unpaired) electrons. The molecule has 0 unspecified atom stereocenters. The number of aromatic nitrogens is 1. The molecule has 2 rings (SSSR count). The van der Waals surface area contributed by atoms with Crippen molar-refractivity contribution in [1.29, 1.82) is 0 Å². The zero-order valence-electron chi connectivity index (χ0n) is 14.1. The normalized spacial score (nSPS) is 10.6. The molecule has 1 N–H and O–H groups in total. The van der Waals surface area contributed by atoms with Crippen LogP contribution in [0.2, 0.25) is 0 Å². The highest BCUT2D eigenvalue weighted by molar-refractivity contribution is 5.89. The molecule has 0 bridgehead atoms. The van der Waals surface area contributed by atoms with Crippen LogP contribution < -0.4 is 5.32 Å². The van der Waals surface area contributed by atoms with Crippen molar-refractivity contribution in [2.45, 2.75) is 26.3 Å². The first-order valence-electron chi connectivity index (χ1n) is 7.88. The molecule has 1 aromatic carbocycles. The smallest absolute Gasteiger partial charge is 0.322 e. The number of hydrogen-bond donors (Lipinski definition) is 1. The Bertz CT molecular complexity index is 656. The summed E-state index contributed by atoms with van der Waals surface area (Å²) in [6.45, 7) is 9.10. The molecule has 2 aromatic rings. The lowest BCUT2D eigenvalue weighted by molar-refractivity contribution is 0.214. The first-order valence-corrected chi connectivity index (χ1v) is 7.88. The maximum absolute atomic E-state index is 12.5. The van der Waals surface area contributed by atoms with E-state index in [0.717, 1.165) is 11.4 Å². The molecule has 0 spiro atoms. The number of hydrogen-bond acceptors (Lipinski definition) is 1. The van der Waals surface area contributed by atoms with Gasteiger partial charge in [0.25, 0.3) is 0 Å². The molecule has 4 nitrogen and oxygen atoms in total. The Labute approximate surface area is 138 Å². The minimum Gasteiger partial charge on any atom is -0.353 e. The van der Waals surface area contributed by atoms with Crippen LogP contribution in [0.4, 0.5) is 10.5 Å². The van der Waals surface area contributed by atoms with E-state index in [9.17, 15) is 4.79 Å². The number of rotatable bonds is 6. The molecule has 4 heteroatoms. The fourth-order valence-corrected chi connectivity index (χ4v) is 2.39. The number of carbonyl (C=O) groups excluding carboxylic acids is 1. The van der Waals surface area contributed by atoms with Gasteiger partial charge in [-0.2, -0.15) is 0 Å². The molecular weight excluding hydrogens is 286 g/mol. The SMILES string of the molecule is C=CCN(Cc1cccn1C)C(=O)Nc1ccc(C(C)C)cc1. The zero-order chi connectivity index (χ0) is 16.8. The van der Waals surface area contributed by atoms with Gasteiger partial charge in [0.2, 0.25) is 0 Å². The van der Waals surface area contributed by atoms with Gasteiger partial charge in [0.05, 0.1) is 6.54 Å². The van der Waals surface area contributed by atoms with E-state index in [1.807, 2.05) is 42.1 Å². The predicted molar refractivity (Wildman–Crippen MR) is 95.6 cm³/mol. The standard InChI is InChI=1S/C19H25N3O/c1-5-12-22(14-18-7-6-13-21(18)4)19(23)20-17-10-8-16(9-11-17)15(2)3/h5-11,13,15H,1,12,14H2,2-4H3,(H,20,23). The van der Waals surface area contributed by atoms with Crippen LogP contribution >= 0.6 is 0 Å². The maximum Gasteiger partial charge on any atom is 0.322 e. The first kappa shape index (κ1) is 16.9. The molecule has 0 aliphatic carbocycles. The van der Waals surface area contributed by atoms with E-state index in [1.54, 1.807) is 11.0 Å². The summed E-state index contributed by atoms with van der Waals surface area (Å²) in [6, 6.07) is 11.9. The van der Waals surface area contributed by atoms with Crippen LogP contribution in [-0.4, -0.2) is 22.0 Å². The lowest BCUT2D eigenvalue weighted by Crippen LogP contribution is -2.35. The lowest BCUT2D eigenvalue weighted by Gasteiger charge is -2.22. The highest BCUT2D eigenvalue weighted by atomic mass is 16.2. The number of carbonyl (C=O) groups is 1. The second-order valence-corrected chi connectivity index (χ2v) is 5.99. The third-order valence-electron chi connectivity index (χ3n) is 3.87. The van der Waals surface area contributed by atoms with Gasteiger partial charge >= 0.3 is 6.03 Å². The van der Waals surface area contributed by atoms with E-state index < -0.39 is 0 Å². The molecular formula is C19H25N3O. The van der Waals surface area contributed by atoms with Crippen molar-refractivity contribution in [2.75, 3.05) is 11.9 Å². The molecule has 1 aromatic heterocycles. The van der Waals surface area contributed by atoms with Gasteiger partial charge in [-0.05, 0) is 35.7 Å². The van der Waals surface area contributed by atoms with Gasteiger partial charge in [-0.3, -0.25) is 0 Å². The summed E-state index contributed by atoms with van der Waals surface area (Å²) in [5.41, 5.74) is 3.15. The fraction of sp³-hybridized carbons (Fsp3) is 0.316. The van der Waals surface area contributed by atoms with Crippen molar-refractivity contribution in [3.63, 3.8) is 0 Å². The molecule has 1 heterocycles. The van der Waals surface area contributed by atoms with Crippen LogP contribution in [0.1, 0.15) is 31.0 Å². The number of urea groups is 1. The lowest BCUT2D eigenvalue weighted by atomic mass is 10.0. The summed E-state index contributed by atoms with van der Waals surface area (Å²) in [6.07, 6.45) is 3.72. The van der Waals surface area contributed by atoms with Gasteiger partial charge in [0.1, 0.15) is 0 Å². The van der Waals surface area contributed by atoms with Crippen molar-refractivity contribution in [3.8, 4) is 0 Å². The fourth-order valence-electron chi connectivity index (χ4n) is 2.39. The van der Waals surface area contributed by atoms with E-state index in [2.05, 4.69) is 37.9 Å². The Balaban J connectivity index is 2.05. The number of anilines is 1. The van der Waals surface area contributed by atoms with Crippen molar-refractivity contribution >= 4 is 11.7 Å². The van der Waals surface area contributed by atoms with E-state index in [4.69, 9.17) is 0 Å². The Morgan fingerprint density at radius 1 is 1.30 bits per heavy atom. The second-order valence-electron chi connectivity index (χ2n) is 5.99. The number of aryl methyl sites for hydroxylation is 1. The third-order valence-corrected chi connectivity index (χ3v) is 3.87. The molecule has 23 heavy (non-hydrogen) atoms. The Morgan fingerprint density at radius 3 is 2.52 bits per heavy atom. The van der Waals surface area contributed by atoms with E-state index in [-0.39, 0.29) is 6.03 Å². The number of benzene rings is 1. The van der Waals surface area contributed by atoms with Crippen LogP contribution in [0.15, 0.2) is 55.3 Å². The Hall–Kier alpha value is -2.49. The summed E-state index contributed by atoms with van der Waals surface area (Å²) in [5, 5.41) is 2.95. The summed E-state index contributed by atoms with van der Waals surface area (Å²) in [4.78, 5) is 14.3. The summed E-state index contributed by atoms with van der Waals surface area (Å²) in [7, 11) is 1.98. The summed E-state index contributed by atoms with van der Waals surface area (Å²) < 4.78 is 2.01. The van der Waals surface area contributed by atoms with E-state index in [1.165, 1.54) is 5.56 Å². The van der Waals surface area contributed by atoms with Crippen LogP contribution in [0.3, 0.4) is 0 Å². The molecule has 2 amide bonds. The molecule has 122 valence electrons. The van der Waals surface area contributed by atoms with Gasteiger partial charge in [-0.25, -0.2) is 4.79 Å². The Kier molecular flexibility index (Phi) is 5.63. The topological polar surface area (TPSA) is 37.3 Å². The monoisotopic (exact) mass is 311 g/mol. The van der Waals surface area contributed by atoms with Crippen molar-refractivity contribution in [2.24, 2.45) is 7.05 Å². The summed E-state index contributed by atoms with van der Waals surface area (Å²) in [5.74, 6) is 0.481. The van der Waals surface area contributed by atoms with E-state index >= 15 is 0 Å². The van der Waals surface area contributed by atoms with Crippen molar-refractivity contribution in [1.82, 2.24) is 9.47 Å². The number of nitrogens with one attached hydrogen (secondary N) is 1. The highest BCUT2D eigenvalue weighted by Crippen LogP contribution is 2.17. The maximum atomic E-state index is 12.5. The third kappa shape index (κ3) is 4.49. The number of nitrogens with zero attached hydrogens (tertiary/aromatic N) is 2. The molecule has 0 aliphatic heterocycles. The minimum atomic E-state index is -0.122. The van der Waals surface area contributed by atoms with Crippen LogP contribution in [0, 0.1) is 0 Å². The van der Waals surface area contributed by atoms with Gasteiger partial charge in [0.15, 0.2) is 0 Å². The van der Waals surface area contributed by atoms with Gasteiger partial charge in [-0.15, -0.1) is 6.58 Å². The minimum absolute atomic E-state index is 0.122. The second kappa shape index (κ2) is 7.68. The zero-order valence-corrected chi connectivity index (χ0v) is 14.1. The van der Waals surface area contributed by atoms with Crippen LogP contribution in [0.25, 0.3) is 0 Å². The molecule has 0 atom stereocenters. The quantitative estimate of drug-likeness (QED) is 0.790. The largest absolute Gasteiger partial charge is 0.353 e. The van der Waals surface area contributed by atoms with E-state index in [0.29, 0.717) is 19.0 Å². The average molecular weight is 311 g/mol. The highest BCUT2D eigenvalue weighted by Gasteiger charge is 2.14. The first-order chi connectivity index (χ1) is 11.0. The molecule has 0 saturated carbocycles. The van der Waals surface area contributed by atoms with Crippen molar-refractivity contribution in [3.05, 3.63) is 66.5 Å². The molecule has 0 fully saturated rings. The average Bonchev–Trinajstić information content (AvgIpc) is 2.92. The van der Waals surface area contributed by atoms with Crippen molar-refractivity contribution < 1.29 is 4.79 Å². The van der Waals surface area contributed by atoms with Crippen LogP contribution in [0.5, 0.6) is 0 Å². The van der Waals surface area contributed by atoms with Gasteiger partial charge in [0, 0.05) is 31.2 Å². The van der Waals surface area contributed by atoms with Gasteiger partial charge < -0.3 is 14.8 Å². The van der Waals surface area contributed by atoms with Gasteiger partial charge in [-0.1, -0.05) is 32.1 Å².